The number of benzene rings is 7. The molecule has 1 unspecified atom stereocenters. The molecule has 13 rings (SSSR count). The van der Waals surface area contributed by atoms with Crippen molar-refractivity contribution in [2.24, 2.45) is 5.92 Å². The fourth-order valence-electron chi connectivity index (χ4n) is 10.1. The lowest BCUT2D eigenvalue weighted by atomic mass is 9.93. The van der Waals surface area contributed by atoms with E-state index < -0.39 is 0 Å². The number of hydrogen-bond acceptors (Lipinski definition) is 3. The summed E-state index contributed by atoms with van der Waals surface area (Å²) in [7, 11) is 0. The molecule has 0 saturated heterocycles. The third kappa shape index (κ3) is 5.29. The molecule has 4 aromatic heterocycles. The van der Waals surface area contributed by atoms with Crippen molar-refractivity contribution in [3.05, 3.63) is 176 Å². The summed E-state index contributed by atoms with van der Waals surface area (Å²) in [6.45, 7) is 2.38. The van der Waals surface area contributed by atoms with E-state index in [2.05, 4.69) is 168 Å². The topological polar surface area (TPSA) is 35.9 Å². The molecule has 0 saturated carbocycles. The number of thiazole rings is 1. The van der Waals surface area contributed by atoms with Crippen molar-refractivity contribution in [2.45, 2.75) is 26.2 Å². The Balaban J connectivity index is 1.03. The van der Waals surface area contributed by atoms with Gasteiger partial charge in [0.25, 0.3) is 0 Å². The molecule has 0 fully saturated rings. The van der Waals surface area contributed by atoms with Gasteiger partial charge in [-0.1, -0.05) is 104 Å². The number of aromatic nitrogens is 3. The molecule has 8 aromatic carbocycles. The molecule has 5 heteroatoms. The molecular formula is C56H37N3OS. The van der Waals surface area contributed by atoms with Gasteiger partial charge >= 0.3 is 0 Å². The molecule has 1 aliphatic carbocycles. The van der Waals surface area contributed by atoms with Gasteiger partial charge in [0.1, 0.15) is 16.2 Å². The van der Waals surface area contributed by atoms with Crippen molar-refractivity contribution < 1.29 is 4.42 Å². The zero-order valence-corrected chi connectivity index (χ0v) is 34.3. The minimum Gasteiger partial charge on any atom is -0.456 e. The van der Waals surface area contributed by atoms with Crippen LogP contribution in [0.1, 0.15) is 26.2 Å². The molecule has 4 heterocycles. The van der Waals surface area contributed by atoms with Crippen molar-refractivity contribution in [3.63, 3.8) is 0 Å². The minimum atomic E-state index is 0.676. The quantitative estimate of drug-likeness (QED) is 0.174. The van der Waals surface area contributed by atoms with E-state index in [4.69, 9.17) is 9.40 Å². The van der Waals surface area contributed by atoms with E-state index in [9.17, 15) is 0 Å². The normalized spacial score (nSPS) is 14.6. The highest BCUT2D eigenvalue weighted by atomic mass is 32.1. The predicted octanol–water partition coefficient (Wildman–Crippen LogP) is 15.7. The number of nitrogens with zero attached hydrogens (tertiary/aromatic N) is 3. The van der Waals surface area contributed by atoms with E-state index in [1.807, 2.05) is 24.3 Å². The Morgan fingerprint density at radius 2 is 1.23 bits per heavy atom. The summed E-state index contributed by atoms with van der Waals surface area (Å²) in [6.07, 6.45) is 5.93. The summed E-state index contributed by atoms with van der Waals surface area (Å²) in [4.78, 5) is 5.57. The Bertz CT molecular complexity index is 3760. The zero-order chi connectivity index (χ0) is 40.2. The third-order valence-electron chi connectivity index (χ3n) is 12.9. The van der Waals surface area contributed by atoms with Crippen molar-refractivity contribution in [1.82, 2.24) is 14.1 Å². The van der Waals surface area contributed by atoms with Crippen LogP contribution in [0.5, 0.6) is 0 Å². The average molecular weight is 800 g/mol. The van der Waals surface area contributed by atoms with Crippen molar-refractivity contribution >= 4 is 92.8 Å². The van der Waals surface area contributed by atoms with E-state index in [1.54, 1.807) is 11.3 Å². The molecule has 12 aromatic rings. The summed E-state index contributed by atoms with van der Waals surface area (Å²) in [5, 5.41) is 8.19. The number of furan rings is 1. The molecule has 0 N–H and O–H groups in total. The van der Waals surface area contributed by atoms with Crippen LogP contribution >= 0.6 is 11.3 Å². The van der Waals surface area contributed by atoms with Crippen LogP contribution in [0.3, 0.4) is 0 Å². The Morgan fingerprint density at radius 3 is 2.00 bits per heavy atom. The first-order valence-electron chi connectivity index (χ1n) is 21.1. The Labute approximate surface area is 356 Å². The highest BCUT2D eigenvalue weighted by Crippen LogP contribution is 2.45. The summed E-state index contributed by atoms with van der Waals surface area (Å²) < 4.78 is 12.3. The highest BCUT2D eigenvalue weighted by molar-refractivity contribution is 7.22. The summed E-state index contributed by atoms with van der Waals surface area (Å²) >= 11 is 1.77. The summed E-state index contributed by atoms with van der Waals surface area (Å²) in [5.74, 6) is 0.676. The van der Waals surface area contributed by atoms with Crippen molar-refractivity contribution in [2.75, 3.05) is 0 Å². The van der Waals surface area contributed by atoms with Gasteiger partial charge < -0.3 is 13.6 Å². The van der Waals surface area contributed by atoms with Crippen molar-refractivity contribution in [1.29, 1.82) is 0 Å². The fourth-order valence-corrected chi connectivity index (χ4v) is 11.2. The molecule has 1 aliphatic rings. The Hall–Kier alpha value is -7.39. The van der Waals surface area contributed by atoms with Gasteiger partial charge in [0.05, 0.1) is 38.0 Å². The number of fused-ring (bicyclic) bond motifs is 10. The molecule has 61 heavy (non-hydrogen) atoms. The molecule has 0 bridgehead atoms. The largest absolute Gasteiger partial charge is 0.456 e. The van der Waals surface area contributed by atoms with E-state index >= 15 is 0 Å². The Kier molecular flexibility index (Phi) is 7.52. The van der Waals surface area contributed by atoms with E-state index in [0.29, 0.717) is 5.92 Å². The Morgan fingerprint density at radius 1 is 0.590 bits per heavy atom. The van der Waals surface area contributed by atoms with Gasteiger partial charge in [-0.3, -0.25) is 0 Å². The smallest absolute Gasteiger partial charge is 0.135 e. The van der Waals surface area contributed by atoms with Gasteiger partial charge in [-0.15, -0.1) is 11.3 Å². The standard InChI is InChI=1S/C56H37N3OS/c1-34-12-11-15-39(30-34)59-49-20-9-6-17-43(49)45-31-35(22-27-51(45)59)40-25-26-41(36-23-28-50-46(32-36)42-16-5-8-19-48(42)58(50)38-13-3-2-4-14-38)55-54(40)57-56(61-55)37-24-29-53-47(33-37)44-18-7-10-21-52(44)60-53/h3,5-10,13-29,31-34H,11-12,30H2,1H3. The van der Waals surface area contributed by atoms with Crippen LogP contribution in [-0.4, -0.2) is 14.1 Å². The van der Waals surface area contributed by atoms with Crippen molar-refractivity contribution in [3.8, 4) is 38.5 Å². The second-order valence-corrected chi connectivity index (χ2v) is 17.6. The second kappa shape index (κ2) is 13.3. The van der Waals surface area contributed by atoms with Crippen LogP contribution in [0, 0.1) is 18.1 Å². The van der Waals surface area contributed by atoms with Crippen LogP contribution in [0.2, 0.25) is 0 Å². The van der Waals surface area contributed by atoms with Crippen LogP contribution in [0.25, 0.3) is 120 Å². The number of allylic oxidation sites excluding steroid dienone is 2. The maximum absolute atomic E-state index is 6.24. The van der Waals surface area contributed by atoms with Gasteiger partial charge in [0.15, 0.2) is 0 Å². The minimum absolute atomic E-state index is 0.676. The van der Waals surface area contributed by atoms with Crippen LogP contribution < -0.4 is 0 Å². The molecular weight excluding hydrogens is 763 g/mol. The first-order chi connectivity index (χ1) is 30.1. The van der Waals surface area contributed by atoms with Crippen LogP contribution in [-0.2, 0) is 0 Å². The fraction of sp³-hybridized carbons (Fsp3) is 0.0893. The summed E-state index contributed by atoms with van der Waals surface area (Å²) in [6, 6.07) is 63.2. The lowest BCUT2D eigenvalue weighted by molar-refractivity contribution is 0.527. The first-order valence-corrected chi connectivity index (χ1v) is 22.0. The maximum Gasteiger partial charge on any atom is 0.135 e. The van der Waals surface area contributed by atoms with Gasteiger partial charge in [-0.05, 0) is 109 Å². The van der Waals surface area contributed by atoms with Gasteiger partial charge in [-0.2, -0.15) is 0 Å². The monoisotopic (exact) mass is 799 g/mol. The highest BCUT2D eigenvalue weighted by Gasteiger charge is 2.22. The van der Waals surface area contributed by atoms with Gasteiger partial charge in [-0.25, -0.2) is 4.98 Å². The molecule has 1 atom stereocenters. The number of rotatable bonds is 5. The maximum atomic E-state index is 6.24. The SMILES string of the molecule is CC1CCC=C(n2c3ccccc3c3cc(-c4ccc(-c5ccc6c(c5)c5ccccc5n6-c5cc#ccc5)c5sc(-c6ccc7oc8ccccc8c7c6)nc45)ccc32)C1. The zero-order valence-electron chi connectivity index (χ0n) is 33.4. The molecule has 0 spiro atoms. The molecule has 4 nitrogen and oxygen atoms in total. The third-order valence-corrected chi connectivity index (χ3v) is 14.1. The molecule has 0 amide bonds. The van der Waals surface area contributed by atoms with E-state index in [-0.39, 0.29) is 0 Å². The van der Waals surface area contributed by atoms with Gasteiger partial charge in [0, 0.05) is 60.8 Å². The lowest BCUT2D eigenvalue weighted by Gasteiger charge is -2.21. The van der Waals surface area contributed by atoms with Crippen LogP contribution in [0.4, 0.5) is 0 Å². The molecule has 0 aliphatic heterocycles. The molecule has 0 radical (unpaired) electrons. The second-order valence-electron chi connectivity index (χ2n) is 16.6. The number of hydrogen-bond donors (Lipinski definition) is 0. The molecule has 288 valence electrons. The lowest BCUT2D eigenvalue weighted by Crippen LogP contribution is -2.07. The van der Waals surface area contributed by atoms with Crippen LogP contribution in [0.15, 0.2) is 168 Å². The first kappa shape index (κ1) is 34.5. The number of para-hydroxylation sites is 3. The average Bonchev–Trinajstić information content (AvgIpc) is 4.08. The van der Waals surface area contributed by atoms with Gasteiger partial charge in [0.2, 0.25) is 0 Å². The van der Waals surface area contributed by atoms with E-state index in [1.165, 1.54) is 71.6 Å². The predicted molar refractivity (Wildman–Crippen MR) is 256 cm³/mol. The summed E-state index contributed by atoms with van der Waals surface area (Å²) in [5.41, 5.74) is 15.9. The van der Waals surface area contributed by atoms with E-state index in [0.717, 1.165) is 67.6 Å².